The van der Waals surface area contributed by atoms with Crippen molar-refractivity contribution in [3.05, 3.63) is 0 Å². The van der Waals surface area contributed by atoms with Gasteiger partial charge in [0.05, 0.1) is 30.5 Å². The topological polar surface area (TPSA) is 51.2 Å². The Morgan fingerprint density at radius 3 is 2.85 bits per heavy atom. The minimum Gasteiger partial charge on any atom is -0.394 e. The second kappa shape index (κ2) is 5.54. The van der Waals surface area contributed by atoms with E-state index in [1.54, 1.807) is 0 Å². The molecule has 3 atom stereocenters. The van der Waals surface area contributed by atoms with E-state index in [-0.39, 0.29) is 23.9 Å². The summed E-state index contributed by atoms with van der Waals surface area (Å²) < 4.78 is 17.5. The van der Waals surface area contributed by atoms with Gasteiger partial charge < -0.3 is 19.3 Å². The standard InChI is InChI=1S/C15H27NO4/c1-14(2)10-16(8-13(9-17)20-14)12-3-5-19-15(7-12)4-6-18-11-15/h12-13,17H,3-11H2,1-2H3. The molecular formula is C15H27NO4. The maximum Gasteiger partial charge on any atom is 0.0951 e. The summed E-state index contributed by atoms with van der Waals surface area (Å²) in [4.78, 5) is 2.49. The molecule has 3 saturated heterocycles. The van der Waals surface area contributed by atoms with E-state index in [2.05, 4.69) is 18.7 Å². The number of hydrogen-bond acceptors (Lipinski definition) is 5. The van der Waals surface area contributed by atoms with Crippen molar-refractivity contribution in [2.24, 2.45) is 0 Å². The summed E-state index contributed by atoms with van der Waals surface area (Å²) in [5, 5.41) is 9.45. The normalized spacial score (nSPS) is 42.1. The molecule has 0 aromatic rings. The summed E-state index contributed by atoms with van der Waals surface area (Å²) in [7, 11) is 0. The van der Waals surface area contributed by atoms with Crippen LogP contribution in [0.4, 0.5) is 0 Å². The van der Waals surface area contributed by atoms with Crippen LogP contribution in [0, 0.1) is 0 Å². The van der Waals surface area contributed by atoms with Crippen molar-refractivity contribution in [2.75, 3.05) is 39.5 Å². The van der Waals surface area contributed by atoms with Crippen LogP contribution in [0.3, 0.4) is 0 Å². The zero-order valence-electron chi connectivity index (χ0n) is 12.6. The second-order valence-electron chi connectivity index (χ2n) is 7.09. The molecule has 0 aromatic carbocycles. The first-order chi connectivity index (χ1) is 9.52. The quantitative estimate of drug-likeness (QED) is 0.813. The Labute approximate surface area is 121 Å². The Kier molecular flexibility index (Phi) is 4.08. The Morgan fingerprint density at radius 1 is 1.30 bits per heavy atom. The van der Waals surface area contributed by atoms with Crippen LogP contribution in [0.1, 0.15) is 33.1 Å². The van der Waals surface area contributed by atoms with Gasteiger partial charge in [0.1, 0.15) is 0 Å². The third-order valence-electron chi connectivity index (χ3n) is 4.76. The molecule has 1 spiro atoms. The van der Waals surface area contributed by atoms with Crippen LogP contribution in [0.5, 0.6) is 0 Å². The molecule has 0 aliphatic carbocycles. The third-order valence-corrected chi connectivity index (χ3v) is 4.76. The fraction of sp³-hybridized carbons (Fsp3) is 1.00. The fourth-order valence-electron chi connectivity index (χ4n) is 3.89. The van der Waals surface area contributed by atoms with E-state index >= 15 is 0 Å². The van der Waals surface area contributed by atoms with E-state index in [1.165, 1.54) is 0 Å². The van der Waals surface area contributed by atoms with Gasteiger partial charge in [0.25, 0.3) is 0 Å². The van der Waals surface area contributed by atoms with E-state index in [4.69, 9.17) is 14.2 Å². The molecule has 0 bridgehead atoms. The number of nitrogens with zero attached hydrogens (tertiary/aromatic N) is 1. The van der Waals surface area contributed by atoms with Crippen molar-refractivity contribution in [2.45, 2.75) is 56.5 Å². The van der Waals surface area contributed by atoms with E-state index in [1.807, 2.05) is 0 Å². The van der Waals surface area contributed by atoms with Crippen molar-refractivity contribution in [1.29, 1.82) is 0 Å². The van der Waals surface area contributed by atoms with Crippen LogP contribution in [-0.4, -0.2) is 72.9 Å². The minimum absolute atomic E-state index is 0.0555. The second-order valence-corrected chi connectivity index (χ2v) is 7.09. The molecule has 0 amide bonds. The summed E-state index contributed by atoms with van der Waals surface area (Å²) in [6.45, 7) is 8.42. The van der Waals surface area contributed by atoms with Gasteiger partial charge in [-0.2, -0.15) is 0 Å². The lowest BCUT2D eigenvalue weighted by Crippen LogP contribution is -2.59. The van der Waals surface area contributed by atoms with Crippen molar-refractivity contribution in [1.82, 2.24) is 4.90 Å². The predicted molar refractivity (Wildman–Crippen MR) is 74.8 cm³/mol. The summed E-state index contributed by atoms with van der Waals surface area (Å²) >= 11 is 0. The molecular weight excluding hydrogens is 258 g/mol. The lowest BCUT2D eigenvalue weighted by Gasteiger charge is -2.49. The van der Waals surface area contributed by atoms with E-state index in [9.17, 15) is 5.11 Å². The van der Waals surface area contributed by atoms with Gasteiger partial charge in [0.15, 0.2) is 0 Å². The molecule has 5 heteroatoms. The molecule has 5 nitrogen and oxygen atoms in total. The van der Waals surface area contributed by atoms with Gasteiger partial charge in [-0.1, -0.05) is 0 Å². The molecule has 3 aliphatic rings. The van der Waals surface area contributed by atoms with Crippen LogP contribution in [0.25, 0.3) is 0 Å². The average molecular weight is 285 g/mol. The number of aliphatic hydroxyl groups is 1. The Hall–Kier alpha value is -0.200. The summed E-state index contributed by atoms with van der Waals surface area (Å²) in [5.74, 6) is 0. The van der Waals surface area contributed by atoms with Crippen LogP contribution in [0.2, 0.25) is 0 Å². The molecule has 3 heterocycles. The van der Waals surface area contributed by atoms with Crippen LogP contribution in [-0.2, 0) is 14.2 Å². The zero-order valence-corrected chi connectivity index (χ0v) is 12.6. The SMILES string of the molecule is CC1(C)CN(C2CCOC3(CCOC3)C2)CC(CO)O1. The van der Waals surface area contributed by atoms with Gasteiger partial charge in [0.2, 0.25) is 0 Å². The Balaban J connectivity index is 1.68. The molecule has 3 rings (SSSR count). The third kappa shape index (κ3) is 3.02. The number of aliphatic hydroxyl groups excluding tert-OH is 1. The van der Waals surface area contributed by atoms with Crippen molar-refractivity contribution >= 4 is 0 Å². The fourth-order valence-corrected chi connectivity index (χ4v) is 3.89. The Morgan fingerprint density at radius 2 is 2.15 bits per heavy atom. The van der Waals surface area contributed by atoms with Crippen LogP contribution in [0.15, 0.2) is 0 Å². The number of ether oxygens (including phenoxy) is 3. The zero-order chi connectivity index (χ0) is 14.2. The summed E-state index contributed by atoms with van der Waals surface area (Å²) in [6, 6.07) is 0.516. The molecule has 0 radical (unpaired) electrons. The van der Waals surface area contributed by atoms with Gasteiger partial charge in [-0.05, 0) is 26.7 Å². The number of morpholine rings is 1. The highest BCUT2D eigenvalue weighted by atomic mass is 16.6. The largest absolute Gasteiger partial charge is 0.394 e. The molecule has 3 unspecified atom stereocenters. The van der Waals surface area contributed by atoms with Crippen molar-refractivity contribution in [3.8, 4) is 0 Å². The molecule has 3 fully saturated rings. The average Bonchev–Trinajstić information content (AvgIpc) is 2.85. The van der Waals surface area contributed by atoms with Crippen LogP contribution < -0.4 is 0 Å². The molecule has 1 N–H and O–H groups in total. The summed E-state index contributed by atoms with van der Waals surface area (Å²) in [6.07, 6.45) is 3.05. The first kappa shape index (κ1) is 14.7. The smallest absolute Gasteiger partial charge is 0.0951 e. The van der Waals surface area contributed by atoms with Gasteiger partial charge in [-0.25, -0.2) is 0 Å². The van der Waals surface area contributed by atoms with Crippen molar-refractivity contribution in [3.63, 3.8) is 0 Å². The van der Waals surface area contributed by atoms with E-state index < -0.39 is 0 Å². The molecule has 0 aromatic heterocycles. The molecule has 116 valence electrons. The predicted octanol–water partition coefficient (Wildman–Crippen LogP) is 0.796. The number of hydrogen-bond donors (Lipinski definition) is 1. The first-order valence-corrected chi connectivity index (χ1v) is 7.76. The minimum atomic E-state index is -0.191. The lowest BCUT2D eigenvalue weighted by molar-refractivity contribution is -0.175. The highest BCUT2D eigenvalue weighted by Gasteiger charge is 2.45. The molecule has 3 aliphatic heterocycles. The van der Waals surface area contributed by atoms with Crippen LogP contribution >= 0.6 is 0 Å². The van der Waals surface area contributed by atoms with Gasteiger partial charge in [-0.15, -0.1) is 0 Å². The monoisotopic (exact) mass is 285 g/mol. The maximum absolute atomic E-state index is 9.45. The van der Waals surface area contributed by atoms with E-state index in [0.717, 1.165) is 52.2 Å². The highest BCUT2D eigenvalue weighted by Crippen LogP contribution is 2.36. The number of rotatable bonds is 2. The summed E-state index contributed by atoms with van der Waals surface area (Å²) in [5.41, 5.74) is -0.247. The van der Waals surface area contributed by atoms with Gasteiger partial charge >= 0.3 is 0 Å². The first-order valence-electron chi connectivity index (χ1n) is 7.76. The van der Waals surface area contributed by atoms with Gasteiger partial charge in [-0.3, -0.25) is 4.90 Å². The molecule has 20 heavy (non-hydrogen) atoms. The van der Waals surface area contributed by atoms with Gasteiger partial charge in [0, 0.05) is 38.8 Å². The van der Waals surface area contributed by atoms with Crippen molar-refractivity contribution < 1.29 is 19.3 Å². The highest BCUT2D eigenvalue weighted by molar-refractivity contribution is 4.96. The molecule has 0 saturated carbocycles. The Bertz CT molecular complexity index is 341. The maximum atomic E-state index is 9.45. The lowest BCUT2D eigenvalue weighted by atomic mass is 9.87. The van der Waals surface area contributed by atoms with E-state index in [0.29, 0.717) is 6.04 Å².